The molecule has 1 aliphatic rings. The van der Waals surface area contributed by atoms with Crippen LogP contribution in [0.5, 0.6) is 5.75 Å². The van der Waals surface area contributed by atoms with Gasteiger partial charge in [0.15, 0.2) is 5.13 Å². The van der Waals surface area contributed by atoms with Crippen molar-refractivity contribution >= 4 is 44.2 Å². The van der Waals surface area contributed by atoms with Crippen LogP contribution >= 0.6 is 11.3 Å². The Kier molecular flexibility index (Phi) is 7.48. The van der Waals surface area contributed by atoms with Gasteiger partial charge in [0.05, 0.1) is 17.7 Å². The van der Waals surface area contributed by atoms with Gasteiger partial charge in [-0.1, -0.05) is 49.4 Å². The van der Waals surface area contributed by atoms with Crippen molar-refractivity contribution < 1.29 is 14.3 Å². The van der Waals surface area contributed by atoms with Crippen molar-refractivity contribution in [1.82, 2.24) is 9.88 Å². The first-order chi connectivity index (χ1) is 16.5. The van der Waals surface area contributed by atoms with E-state index in [2.05, 4.69) is 18.7 Å². The third-order valence-corrected chi connectivity index (χ3v) is 7.70. The molecule has 34 heavy (non-hydrogen) atoms. The van der Waals surface area contributed by atoms with Crippen LogP contribution in [-0.2, 0) is 9.59 Å². The Bertz CT molecular complexity index is 1160. The fraction of sp³-hybridized carbons (Fsp3) is 0.423. The fourth-order valence-corrected chi connectivity index (χ4v) is 5.49. The van der Waals surface area contributed by atoms with E-state index >= 15 is 0 Å². The lowest BCUT2D eigenvalue weighted by molar-refractivity contribution is -0.124. The maximum atomic E-state index is 13.8. The predicted molar refractivity (Wildman–Crippen MR) is 138 cm³/mol. The number of likely N-dealkylation sites (N-methyl/N-ethyl adjacent to an activating group) is 1. The van der Waals surface area contributed by atoms with E-state index in [1.807, 2.05) is 49.4 Å². The van der Waals surface area contributed by atoms with Crippen molar-refractivity contribution in [2.75, 3.05) is 49.6 Å². The molecule has 0 aliphatic carbocycles. The number of ether oxygens (including phenoxy) is 1. The number of para-hydroxylation sites is 1. The molecule has 0 bridgehead atoms. The van der Waals surface area contributed by atoms with Crippen LogP contribution in [0.2, 0.25) is 0 Å². The van der Waals surface area contributed by atoms with Gasteiger partial charge in [-0.3, -0.25) is 14.5 Å². The number of amides is 2. The van der Waals surface area contributed by atoms with E-state index in [0.29, 0.717) is 24.0 Å². The molecule has 2 aromatic carbocycles. The van der Waals surface area contributed by atoms with Gasteiger partial charge in [0, 0.05) is 31.7 Å². The molecule has 1 saturated heterocycles. The zero-order valence-electron chi connectivity index (χ0n) is 20.3. The average Bonchev–Trinajstić information content (AvgIpc) is 3.47. The standard InChI is InChI=1S/C26H32N4O3S/c1-5-28(6-2)14-15-29(26-27-23-21(33-4)13-12-18(3)24(23)34-26)25(32)19-16-22(31)30(17-19)20-10-8-7-9-11-20/h7-13,19H,5-6,14-17H2,1-4H3. The van der Waals surface area contributed by atoms with Crippen LogP contribution in [0, 0.1) is 12.8 Å². The Balaban J connectivity index is 1.65. The second-order valence-electron chi connectivity index (χ2n) is 8.52. The highest BCUT2D eigenvalue weighted by molar-refractivity contribution is 7.22. The first-order valence-corrected chi connectivity index (χ1v) is 12.6. The van der Waals surface area contributed by atoms with Gasteiger partial charge in [0.2, 0.25) is 11.8 Å². The Morgan fingerprint density at radius 1 is 1.15 bits per heavy atom. The van der Waals surface area contributed by atoms with Crippen LogP contribution in [0.1, 0.15) is 25.8 Å². The first kappa shape index (κ1) is 24.2. The summed E-state index contributed by atoms with van der Waals surface area (Å²) in [5.74, 6) is 0.231. The van der Waals surface area contributed by atoms with Gasteiger partial charge in [-0.2, -0.15) is 0 Å². The molecule has 0 radical (unpaired) electrons. The van der Waals surface area contributed by atoms with Crippen LogP contribution < -0.4 is 14.5 Å². The fourth-order valence-electron chi connectivity index (χ4n) is 4.41. The lowest BCUT2D eigenvalue weighted by atomic mass is 10.1. The summed E-state index contributed by atoms with van der Waals surface area (Å²) in [5.41, 5.74) is 2.70. The third kappa shape index (κ3) is 4.79. The number of carbonyl (C=O) groups is 2. The summed E-state index contributed by atoms with van der Waals surface area (Å²) in [4.78, 5) is 37.3. The van der Waals surface area contributed by atoms with E-state index in [4.69, 9.17) is 9.72 Å². The molecular weight excluding hydrogens is 448 g/mol. The molecule has 2 heterocycles. The van der Waals surface area contributed by atoms with Gasteiger partial charge in [0.1, 0.15) is 11.3 Å². The number of carbonyl (C=O) groups excluding carboxylic acids is 2. The van der Waals surface area contributed by atoms with Gasteiger partial charge in [-0.05, 0) is 43.8 Å². The van der Waals surface area contributed by atoms with Crippen molar-refractivity contribution in [2.24, 2.45) is 5.92 Å². The molecule has 8 heteroatoms. The maximum Gasteiger partial charge on any atom is 0.234 e. The number of hydrogen-bond acceptors (Lipinski definition) is 6. The second-order valence-corrected chi connectivity index (χ2v) is 9.49. The number of fused-ring (bicyclic) bond motifs is 1. The molecule has 180 valence electrons. The predicted octanol–water partition coefficient (Wildman–Crippen LogP) is 4.34. The molecule has 1 unspecified atom stereocenters. The maximum absolute atomic E-state index is 13.8. The summed E-state index contributed by atoms with van der Waals surface area (Å²) in [6.45, 7) is 9.76. The van der Waals surface area contributed by atoms with Crippen LogP contribution in [-0.4, -0.2) is 61.5 Å². The highest BCUT2D eigenvalue weighted by atomic mass is 32.1. The first-order valence-electron chi connectivity index (χ1n) is 11.8. The van der Waals surface area contributed by atoms with Crippen molar-refractivity contribution in [3.05, 3.63) is 48.0 Å². The third-order valence-electron chi connectivity index (χ3n) is 6.49. The van der Waals surface area contributed by atoms with Gasteiger partial charge < -0.3 is 14.5 Å². The molecule has 1 atom stereocenters. The lowest BCUT2D eigenvalue weighted by Crippen LogP contribution is -2.42. The minimum absolute atomic E-state index is 0.0185. The second kappa shape index (κ2) is 10.5. The van der Waals surface area contributed by atoms with Gasteiger partial charge in [-0.15, -0.1) is 0 Å². The Hall–Kier alpha value is -2.97. The summed E-state index contributed by atoms with van der Waals surface area (Å²) >= 11 is 1.51. The van der Waals surface area contributed by atoms with E-state index in [1.165, 1.54) is 11.3 Å². The SMILES string of the molecule is CCN(CC)CCN(C(=O)C1CC(=O)N(c2ccccc2)C1)c1nc2c(OC)ccc(C)c2s1. The smallest absolute Gasteiger partial charge is 0.234 e. The monoisotopic (exact) mass is 480 g/mol. The molecule has 0 spiro atoms. The quantitative estimate of drug-likeness (QED) is 0.456. The topological polar surface area (TPSA) is 66.0 Å². The number of aryl methyl sites for hydroxylation is 1. The van der Waals surface area contributed by atoms with Crippen molar-refractivity contribution in [1.29, 1.82) is 0 Å². The van der Waals surface area contributed by atoms with Crippen molar-refractivity contribution in [3.63, 3.8) is 0 Å². The molecule has 1 aliphatic heterocycles. The molecule has 4 rings (SSSR count). The Morgan fingerprint density at radius 3 is 2.56 bits per heavy atom. The van der Waals surface area contributed by atoms with E-state index in [1.54, 1.807) is 16.9 Å². The van der Waals surface area contributed by atoms with Gasteiger partial charge in [0.25, 0.3) is 0 Å². The largest absolute Gasteiger partial charge is 0.494 e. The number of methoxy groups -OCH3 is 1. The number of anilines is 2. The van der Waals surface area contributed by atoms with Crippen LogP contribution in [0.25, 0.3) is 10.2 Å². The van der Waals surface area contributed by atoms with Crippen molar-refractivity contribution in [2.45, 2.75) is 27.2 Å². The van der Waals surface area contributed by atoms with Crippen LogP contribution in [0.15, 0.2) is 42.5 Å². The number of benzene rings is 2. The zero-order chi connectivity index (χ0) is 24.2. The summed E-state index contributed by atoms with van der Waals surface area (Å²) < 4.78 is 6.54. The number of hydrogen-bond donors (Lipinski definition) is 0. The number of nitrogens with zero attached hydrogens (tertiary/aromatic N) is 4. The Morgan fingerprint density at radius 2 is 1.88 bits per heavy atom. The number of thiazole rings is 1. The van der Waals surface area contributed by atoms with E-state index in [9.17, 15) is 9.59 Å². The summed E-state index contributed by atoms with van der Waals surface area (Å²) in [5, 5.41) is 0.658. The number of rotatable bonds is 9. The molecule has 1 aromatic heterocycles. The zero-order valence-corrected chi connectivity index (χ0v) is 21.1. The molecule has 0 N–H and O–H groups in total. The van der Waals surface area contributed by atoms with E-state index in [0.717, 1.165) is 41.1 Å². The summed E-state index contributed by atoms with van der Waals surface area (Å²) in [6, 6.07) is 13.5. The summed E-state index contributed by atoms with van der Waals surface area (Å²) in [7, 11) is 1.63. The number of aromatic nitrogens is 1. The highest BCUT2D eigenvalue weighted by Gasteiger charge is 2.38. The van der Waals surface area contributed by atoms with E-state index < -0.39 is 5.92 Å². The lowest BCUT2D eigenvalue weighted by Gasteiger charge is -2.26. The molecule has 3 aromatic rings. The molecular formula is C26H32N4O3S. The molecule has 2 amide bonds. The van der Waals surface area contributed by atoms with Gasteiger partial charge >= 0.3 is 0 Å². The van der Waals surface area contributed by atoms with Crippen molar-refractivity contribution in [3.8, 4) is 5.75 Å². The summed E-state index contributed by atoms with van der Waals surface area (Å²) in [6.07, 6.45) is 0.211. The Labute approximate surface area is 204 Å². The van der Waals surface area contributed by atoms with Crippen LogP contribution in [0.4, 0.5) is 10.8 Å². The van der Waals surface area contributed by atoms with Gasteiger partial charge in [-0.25, -0.2) is 4.98 Å². The minimum atomic E-state index is -0.403. The molecule has 7 nitrogen and oxygen atoms in total. The molecule has 1 fully saturated rings. The normalized spacial score (nSPS) is 16.0. The average molecular weight is 481 g/mol. The highest BCUT2D eigenvalue weighted by Crippen LogP contribution is 2.37. The minimum Gasteiger partial charge on any atom is -0.494 e. The van der Waals surface area contributed by atoms with Crippen LogP contribution in [0.3, 0.4) is 0 Å². The van der Waals surface area contributed by atoms with E-state index in [-0.39, 0.29) is 18.2 Å². The molecule has 0 saturated carbocycles.